The molecule has 0 aliphatic carbocycles. The number of aryl methyl sites for hydroxylation is 1. The monoisotopic (exact) mass is 416 g/mol. The first-order valence-electron chi connectivity index (χ1n) is 8.14. The first kappa shape index (κ1) is 16.8. The van der Waals surface area contributed by atoms with Gasteiger partial charge in [-0.25, -0.2) is 9.20 Å². The first-order chi connectivity index (χ1) is 12.3. The van der Waals surface area contributed by atoms with Gasteiger partial charge in [-0.2, -0.15) is 0 Å². The standard InChI is InChI=1S/C17H17BrN6O2/c1-9(2)23-12-14(21(3)17(26)22(4)15(12)25)24-13(19-20-16(23)24)10-5-7-11(18)8-6-10/h5-9H,1-4H3. The van der Waals surface area contributed by atoms with Crippen molar-refractivity contribution < 1.29 is 0 Å². The van der Waals surface area contributed by atoms with Gasteiger partial charge in [0.15, 0.2) is 17.0 Å². The fourth-order valence-electron chi connectivity index (χ4n) is 3.28. The fourth-order valence-corrected chi connectivity index (χ4v) is 3.55. The molecule has 0 spiro atoms. The van der Waals surface area contributed by atoms with Gasteiger partial charge >= 0.3 is 5.69 Å². The van der Waals surface area contributed by atoms with Crippen LogP contribution in [0.25, 0.3) is 28.3 Å². The summed E-state index contributed by atoms with van der Waals surface area (Å²) in [5, 5.41) is 8.64. The molecular formula is C17H17BrN6O2. The number of halogens is 1. The predicted octanol–water partition coefficient (Wildman–Crippen LogP) is 2.09. The highest BCUT2D eigenvalue weighted by Gasteiger charge is 2.24. The maximum atomic E-state index is 12.8. The summed E-state index contributed by atoms with van der Waals surface area (Å²) in [5.41, 5.74) is 1.04. The van der Waals surface area contributed by atoms with Crippen molar-refractivity contribution in [2.75, 3.05) is 0 Å². The summed E-state index contributed by atoms with van der Waals surface area (Å²) in [6.45, 7) is 3.94. The number of benzene rings is 1. The van der Waals surface area contributed by atoms with E-state index in [-0.39, 0.29) is 17.3 Å². The largest absolute Gasteiger partial charge is 0.332 e. The Balaban J connectivity index is 2.27. The summed E-state index contributed by atoms with van der Waals surface area (Å²) >= 11 is 3.42. The Morgan fingerprint density at radius 2 is 1.65 bits per heavy atom. The summed E-state index contributed by atoms with van der Waals surface area (Å²) in [6, 6.07) is 7.63. The van der Waals surface area contributed by atoms with Gasteiger partial charge in [-0.3, -0.25) is 18.5 Å². The lowest BCUT2D eigenvalue weighted by atomic mass is 10.2. The van der Waals surface area contributed by atoms with Crippen molar-refractivity contribution in [3.8, 4) is 11.4 Å². The average molecular weight is 417 g/mol. The zero-order chi connectivity index (χ0) is 18.7. The van der Waals surface area contributed by atoms with Gasteiger partial charge in [0.05, 0.1) is 0 Å². The topological polar surface area (TPSA) is 79.1 Å². The summed E-state index contributed by atoms with van der Waals surface area (Å²) in [6.07, 6.45) is 0. The van der Waals surface area contributed by atoms with Crippen LogP contribution in [0.1, 0.15) is 19.9 Å². The van der Waals surface area contributed by atoms with Crippen LogP contribution in [0.5, 0.6) is 0 Å². The van der Waals surface area contributed by atoms with Crippen LogP contribution in [0.2, 0.25) is 0 Å². The van der Waals surface area contributed by atoms with E-state index in [1.54, 1.807) is 11.4 Å². The van der Waals surface area contributed by atoms with Gasteiger partial charge in [0.25, 0.3) is 5.56 Å². The van der Waals surface area contributed by atoms with Gasteiger partial charge in [-0.15, -0.1) is 10.2 Å². The number of aromatic nitrogens is 6. The molecule has 0 aliphatic rings. The number of nitrogens with zero attached hydrogens (tertiary/aromatic N) is 6. The van der Waals surface area contributed by atoms with Gasteiger partial charge in [0, 0.05) is 30.2 Å². The lowest BCUT2D eigenvalue weighted by Crippen LogP contribution is -2.38. The summed E-state index contributed by atoms with van der Waals surface area (Å²) in [4.78, 5) is 25.3. The second-order valence-corrected chi connectivity index (χ2v) is 7.42. The molecule has 0 aliphatic heterocycles. The first-order valence-corrected chi connectivity index (χ1v) is 8.93. The van der Waals surface area contributed by atoms with Crippen LogP contribution >= 0.6 is 15.9 Å². The number of rotatable bonds is 2. The van der Waals surface area contributed by atoms with Crippen LogP contribution in [0.3, 0.4) is 0 Å². The second kappa shape index (κ2) is 5.66. The number of hydrogen-bond donors (Lipinski definition) is 0. The Labute approximate surface area is 156 Å². The molecule has 4 aromatic rings. The van der Waals surface area contributed by atoms with Crippen molar-refractivity contribution in [3.05, 3.63) is 49.6 Å². The van der Waals surface area contributed by atoms with Crippen LogP contribution in [0.4, 0.5) is 0 Å². The molecule has 3 aromatic heterocycles. The van der Waals surface area contributed by atoms with Crippen LogP contribution < -0.4 is 11.2 Å². The zero-order valence-corrected chi connectivity index (χ0v) is 16.4. The molecule has 0 saturated carbocycles. The number of fused-ring (bicyclic) bond motifs is 3. The summed E-state index contributed by atoms with van der Waals surface area (Å²) < 4.78 is 7.14. The highest BCUT2D eigenvalue weighted by Crippen LogP contribution is 2.27. The molecule has 0 N–H and O–H groups in total. The molecule has 26 heavy (non-hydrogen) atoms. The fraction of sp³-hybridized carbons (Fsp3) is 0.294. The molecule has 0 atom stereocenters. The van der Waals surface area contributed by atoms with Gasteiger partial charge in [-0.05, 0) is 26.0 Å². The van der Waals surface area contributed by atoms with E-state index in [2.05, 4.69) is 26.1 Å². The minimum absolute atomic E-state index is 0.0258. The smallest absolute Gasteiger partial charge is 0.300 e. The Bertz CT molecular complexity index is 1270. The molecule has 3 heterocycles. The van der Waals surface area contributed by atoms with Gasteiger partial charge in [0.1, 0.15) is 0 Å². The SMILES string of the molecule is CC(C)n1c2c(=O)n(C)c(=O)n(C)c2n2c(-c3ccc(Br)cc3)nnc12. The third-order valence-corrected chi connectivity index (χ3v) is 5.07. The molecule has 0 bridgehead atoms. The third kappa shape index (κ3) is 2.13. The Morgan fingerprint density at radius 1 is 1.00 bits per heavy atom. The molecule has 0 saturated heterocycles. The molecular weight excluding hydrogens is 400 g/mol. The normalized spacial score (nSPS) is 11.9. The second-order valence-electron chi connectivity index (χ2n) is 6.51. The molecule has 0 unspecified atom stereocenters. The predicted molar refractivity (Wildman–Crippen MR) is 102 cm³/mol. The maximum Gasteiger partial charge on any atom is 0.332 e. The van der Waals surface area contributed by atoms with E-state index in [4.69, 9.17) is 0 Å². The minimum atomic E-state index is -0.388. The van der Waals surface area contributed by atoms with E-state index in [9.17, 15) is 9.59 Å². The number of imidazole rings is 1. The lowest BCUT2D eigenvalue weighted by Gasteiger charge is -2.09. The minimum Gasteiger partial charge on any atom is -0.300 e. The maximum absolute atomic E-state index is 12.8. The molecule has 4 rings (SSSR count). The molecule has 9 heteroatoms. The summed E-state index contributed by atoms with van der Waals surface area (Å²) in [5.74, 6) is 1.12. The number of hydrogen-bond acceptors (Lipinski definition) is 4. The molecule has 1 aromatic carbocycles. The zero-order valence-electron chi connectivity index (χ0n) is 14.8. The van der Waals surface area contributed by atoms with Gasteiger partial charge < -0.3 is 0 Å². The molecule has 8 nitrogen and oxygen atoms in total. The molecule has 0 radical (unpaired) electrons. The van der Waals surface area contributed by atoms with Crippen molar-refractivity contribution in [1.82, 2.24) is 28.3 Å². The lowest BCUT2D eigenvalue weighted by molar-refractivity contribution is 0.622. The van der Waals surface area contributed by atoms with Crippen LogP contribution in [-0.4, -0.2) is 28.3 Å². The van der Waals surface area contributed by atoms with Gasteiger partial charge in [0.2, 0.25) is 5.78 Å². The molecule has 0 amide bonds. The van der Waals surface area contributed by atoms with E-state index in [1.165, 1.54) is 11.6 Å². The van der Waals surface area contributed by atoms with Gasteiger partial charge in [-0.1, -0.05) is 28.1 Å². The van der Waals surface area contributed by atoms with Crippen molar-refractivity contribution in [2.24, 2.45) is 14.1 Å². The van der Waals surface area contributed by atoms with Crippen LogP contribution in [-0.2, 0) is 14.1 Å². The Morgan fingerprint density at radius 3 is 2.27 bits per heavy atom. The van der Waals surface area contributed by atoms with Crippen molar-refractivity contribution in [3.63, 3.8) is 0 Å². The van der Waals surface area contributed by atoms with Crippen molar-refractivity contribution >= 4 is 32.9 Å². The molecule has 0 fully saturated rings. The highest BCUT2D eigenvalue weighted by molar-refractivity contribution is 9.10. The highest BCUT2D eigenvalue weighted by atomic mass is 79.9. The Kier molecular flexibility index (Phi) is 3.65. The van der Waals surface area contributed by atoms with Crippen LogP contribution in [0.15, 0.2) is 38.3 Å². The third-order valence-electron chi connectivity index (χ3n) is 4.54. The van der Waals surface area contributed by atoms with E-state index in [0.29, 0.717) is 22.8 Å². The van der Waals surface area contributed by atoms with Crippen molar-refractivity contribution in [2.45, 2.75) is 19.9 Å². The van der Waals surface area contributed by atoms with E-state index in [1.807, 2.05) is 42.7 Å². The Hall–Kier alpha value is -2.68. The van der Waals surface area contributed by atoms with Crippen LogP contribution in [0, 0.1) is 0 Å². The molecule has 134 valence electrons. The van der Waals surface area contributed by atoms with E-state index < -0.39 is 0 Å². The summed E-state index contributed by atoms with van der Waals surface area (Å²) in [7, 11) is 3.14. The van der Waals surface area contributed by atoms with Crippen molar-refractivity contribution in [1.29, 1.82) is 0 Å². The average Bonchev–Trinajstić information content (AvgIpc) is 3.16. The van der Waals surface area contributed by atoms with E-state index in [0.717, 1.165) is 14.6 Å². The van der Waals surface area contributed by atoms with E-state index >= 15 is 0 Å². The quantitative estimate of drug-likeness (QED) is 0.501.